The number of hydrogen-bond acceptors (Lipinski definition) is 4. The Morgan fingerprint density at radius 2 is 1.67 bits per heavy atom. The standard InChI is InChI=1S/C30H17BrCl2F3N3O3/c31-19-13-21-25(20-9-2-3-10-22(20)32)27(38-26(21)23(33)14-19)28(40)39-37-15-17-6-1-4-11-24(17)42-29(41)16-7-5-8-18(12-16)30(34,35)36/h1-15,38H,(H,39,40). The first kappa shape index (κ1) is 29.4. The van der Waals surface area contributed by atoms with Crippen molar-refractivity contribution in [2.24, 2.45) is 5.10 Å². The minimum atomic E-state index is -4.61. The molecule has 0 aliphatic rings. The van der Waals surface area contributed by atoms with Gasteiger partial charge in [0.2, 0.25) is 0 Å². The van der Waals surface area contributed by atoms with Crippen molar-refractivity contribution < 1.29 is 27.5 Å². The zero-order valence-electron chi connectivity index (χ0n) is 21.1. The lowest BCUT2D eigenvalue weighted by atomic mass is 10.0. The third-order valence-electron chi connectivity index (χ3n) is 6.11. The molecule has 0 radical (unpaired) electrons. The third kappa shape index (κ3) is 6.20. The number of fused-ring (bicyclic) bond motifs is 1. The highest BCUT2D eigenvalue weighted by molar-refractivity contribution is 9.10. The van der Waals surface area contributed by atoms with Crippen molar-refractivity contribution in [3.8, 4) is 16.9 Å². The zero-order chi connectivity index (χ0) is 30.0. The van der Waals surface area contributed by atoms with E-state index in [0.29, 0.717) is 42.6 Å². The molecule has 6 nitrogen and oxygen atoms in total. The van der Waals surface area contributed by atoms with Gasteiger partial charge in [-0.2, -0.15) is 18.3 Å². The first-order valence-corrected chi connectivity index (χ1v) is 13.7. The fourth-order valence-corrected chi connectivity index (χ4v) is 5.30. The van der Waals surface area contributed by atoms with E-state index < -0.39 is 23.6 Å². The second-order valence-electron chi connectivity index (χ2n) is 8.87. The summed E-state index contributed by atoms with van der Waals surface area (Å²) in [4.78, 5) is 29.0. The number of carbonyl (C=O) groups is 2. The average Bonchev–Trinajstić information content (AvgIpc) is 3.33. The van der Waals surface area contributed by atoms with Gasteiger partial charge in [-0.15, -0.1) is 0 Å². The number of benzene rings is 4. The number of alkyl halides is 3. The largest absolute Gasteiger partial charge is 0.422 e. The quantitative estimate of drug-likeness (QED) is 0.0817. The van der Waals surface area contributed by atoms with E-state index in [0.717, 1.165) is 12.1 Å². The van der Waals surface area contributed by atoms with Gasteiger partial charge < -0.3 is 9.72 Å². The predicted molar refractivity (Wildman–Crippen MR) is 159 cm³/mol. The minimum absolute atomic E-state index is 0.0249. The number of halogens is 6. The summed E-state index contributed by atoms with van der Waals surface area (Å²) in [6.45, 7) is 0. The topological polar surface area (TPSA) is 83.5 Å². The Bertz CT molecular complexity index is 1870. The van der Waals surface area contributed by atoms with Crippen LogP contribution in [0.4, 0.5) is 13.2 Å². The second-order valence-corrected chi connectivity index (χ2v) is 10.6. The molecular weight excluding hydrogens is 658 g/mol. The predicted octanol–water partition coefficient (Wildman–Crippen LogP) is 8.91. The van der Waals surface area contributed by atoms with Crippen LogP contribution < -0.4 is 10.2 Å². The molecule has 0 aliphatic heterocycles. The highest BCUT2D eigenvalue weighted by Gasteiger charge is 2.31. The van der Waals surface area contributed by atoms with Crippen LogP contribution in [-0.4, -0.2) is 23.1 Å². The van der Waals surface area contributed by atoms with Crippen molar-refractivity contribution in [3.63, 3.8) is 0 Å². The number of rotatable bonds is 6. The van der Waals surface area contributed by atoms with Crippen molar-refractivity contribution >= 4 is 68.1 Å². The zero-order valence-corrected chi connectivity index (χ0v) is 24.2. The van der Waals surface area contributed by atoms with Crippen molar-refractivity contribution in [1.82, 2.24) is 10.4 Å². The number of carbonyl (C=O) groups excluding carboxylic acids is 2. The summed E-state index contributed by atoms with van der Waals surface area (Å²) in [6, 6.07) is 20.7. The molecule has 0 bridgehead atoms. The van der Waals surface area contributed by atoms with Crippen LogP contribution in [0, 0.1) is 0 Å². The van der Waals surface area contributed by atoms with E-state index >= 15 is 0 Å². The molecule has 1 aromatic heterocycles. The summed E-state index contributed by atoms with van der Waals surface area (Å²) in [5.74, 6) is -1.57. The van der Waals surface area contributed by atoms with E-state index in [1.54, 1.807) is 48.5 Å². The Hall–Kier alpha value is -4.12. The summed E-state index contributed by atoms with van der Waals surface area (Å²) >= 11 is 16.4. The molecule has 42 heavy (non-hydrogen) atoms. The van der Waals surface area contributed by atoms with Gasteiger partial charge in [0.25, 0.3) is 5.91 Å². The Morgan fingerprint density at radius 3 is 2.43 bits per heavy atom. The summed E-state index contributed by atoms with van der Waals surface area (Å²) in [7, 11) is 0. The molecule has 0 spiro atoms. The van der Waals surface area contributed by atoms with Crippen LogP contribution >= 0.6 is 39.1 Å². The van der Waals surface area contributed by atoms with Crippen LogP contribution in [0.25, 0.3) is 22.0 Å². The minimum Gasteiger partial charge on any atom is -0.422 e. The molecule has 0 saturated heterocycles. The van der Waals surface area contributed by atoms with Gasteiger partial charge in [-0.1, -0.05) is 75.5 Å². The molecule has 12 heteroatoms. The molecule has 1 heterocycles. The van der Waals surface area contributed by atoms with E-state index in [9.17, 15) is 22.8 Å². The first-order valence-electron chi connectivity index (χ1n) is 12.1. The molecule has 1 amide bonds. The molecule has 0 saturated carbocycles. The number of ether oxygens (including phenoxy) is 1. The maximum Gasteiger partial charge on any atom is 0.416 e. The molecule has 0 aliphatic carbocycles. The van der Waals surface area contributed by atoms with E-state index in [4.69, 9.17) is 27.9 Å². The summed E-state index contributed by atoms with van der Waals surface area (Å²) in [6.07, 6.45) is -3.37. The van der Waals surface area contributed by atoms with Gasteiger partial charge in [0.05, 0.1) is 27.9 Å². The molecule has 0 atom stereocenters. The van der Waals surface area contributed by atoms with E-state index in [2.05, 4.69) is 31.4 Å². The van der Waals surface area contributed by atoms with Gasteiger partial charge in [0.1, 0.15) is 11.4 Å². The van der Waals surface area contributed by atoms with Gasteiger partial charge in [-0.05, 0) is 48.5 Å². The molecule has 0 fully saturated rings. The highest BCUT2D eigenvalue weighted by Crippen LogP contribution is 2.40. The van der Waals surface area contributed by atoms with Crippen molar-refractivity contribution in [2.45, 2.75) is 6.18 Å². The fraction of sp³-hybridized carbons (Fsp3) is 0.0333. The number of esters is 1. The van der Waals surface area contributed by atoms with Crippen LogP contribution in [0.5, 0.6) is 5.75 Å². The maximum atomic E-state index is 13.3. The summed E-state index contributed by atoms with van der Waals surface area (Å²) in [5, 5.41) is 5.47. The van der Waals surface area contributed by atoms with Crippen molar-refractivity contribution in [1.29, 1.82) is 0 Å². The van der Waals surface area contributed by atoms with Crippen LogP contribution in [0.1, 0.15) is 32.0 Å². The van der Waals surface area contributed by atoms with Gasteiger partial charge in [-0.25, -0.2) is 10.2 Å². The third-order valence-corrected chi connectivity index (χ3v) is 7.20. The first-order chi connectivity index (χ1) is 20.0. The molecule has 0 unspecified atom stereocenters. The average molecular weight is 675 g/mol. The number of hydrazone groups is 1. The Morgan fingerprint density at radius 1 is 0.929 bits per heavy atom. The fourth-order valence-electron chi connectivity index (χ4n) is 4.21. The Balaban J connectivity index is 1.41. The van der Waals surface area contributed by atoms with Crippen LogP contribution in [-0.2, 0) is 6.18 Å². The van der Waals surface area contributed by atoms with Gasteiger partial charge >= 0.3 is 12.1 Å². The van der Waals surface area contributed by atoms with E-state index in [-0.39, 0.29) is 22.6 Å². The molecule has 212 valence electrons. The van der Waals surface area contributed by atoms with Crippen molar-refractivity contribution in [2.75, 3.05) is 0 Å². The number of H-pyrrole nitrogens is 1. The molecule has 2 N–H and O–H groups in total. The number of hydrogen-bond donors (Lipinski definition) is 2. The summed E-state index contributed by atoms with van der Waals surface area (Å²) < 4.78 is 45.2. The number of para-hydroxylation sites is 1. The van der Waals surface area contributed by atoms with Crippen molar-refractivity contribution in [3.05, 3.63) is 122 Å². The number of nitrogens with zero attached hydrogens (tertiary/aromatic N) is 1. The Kier molecular flexibility index (Phi) is 8.40. The number of aromatic nitrogens is 1. The summed E-state index contributed by atoms with van der Waals surface area (Å²) in [5.41, 5.74) is 3.27. The molecule has 5 aromatic rings. The number of nitrogens with one attached hydrogen (secondary N) is 2. The van der Waals surface area contributed by atoms with Gasteiger partial charge in [0.15, 0.2) is 0 Å². The van der Waals surface area contributed by atoms with E-state index in [1.807, 2.05) is 6.07 Å². The normalized spacial score (nSPS) is 11.7. The SMILES string of the molecule is O=C(Oc1ccccc1C=NNC(=O)c1[nH]c2c(Cl)cc(Br)cc2c1-c1ccccc1Cl)c1cccc(C(F)(F)F)c1. The molecule has 4 aromatic carbocycles. The molecular formula is C30H17BrCl2F3N3O3. The smallest absolute Gasteiger partial charge is 0.416 e. The number of amides is 1. The monoisotopic (exact) mass is 673 g/mol. The lowest BCUT2D eigenvalue weighted by Crippen LogP contribution is -2.19. The van der Waals surface area contributed by atoms with Crippen LogP contribution in [0.15, 0.2) is 94.5 Å². The lowest BCUT2D eigenvalue weighted by molar-refractivity contribution is -0.137. The Labute approximate surface area is 255 Å². The maximum absolute atomic E-state index is 13.3. The van der Waals surface area contributed by atoms with Gasteiger partial charge in [-0.3, -0.25) is 4.79 Å². The number of aromatic amines is 1. The molecule has 5 rings (SSSR count). The second kappa shape index (κ2) is 12.0. The van der Waals surface area contributed by atoms with E-state index in [1.165, 1.54) is 18.3 Å². The highest BCUT2D eigenvalue weighted by atomic mass is 79.9. The van der Waals surface area contributed by atoms with Gasteiger partial charge in [0, 0.05) is 31.6 Å². The van der Waals surface area contributed by atoms with Crippen LogP contribution in [0.3, 0.4) is 0 Å². The van der Waals surface area contributed by atoms with Crippen LogP contribution in [0.2, 0.25) is 10.0 Å². The lowest BCUT2D eigenvalue weighted by Gasteiger charge is -2.10.